The number of para-hydroxylation sites is 2. The van der Waals surface area contributed by atoms with Crippen LogP contribution in [0.25, 0.3) is 0 Å². The third kappa shape index (κ3) is 4.72. The molecule has 1 atom stereocenters. The van der Waals surface area contributed by atoms with Crippen LogP contribution in [0, 0.1) is 0 Å². The third-order valence-electron chi connectivity index (χ3n) is 5.14. The van der Waals surface area contributed by atoms with Gasteiger partial charge in [0.15, 0.2) is 0 Å². The van der Waals surface area contributed by atoms with Gasteiger partial charge in [-0.1, -0.05) is 12.1 Å². The number of benzene rings is 2. The molecule has 0 fully saturated rings. The lowest BCUT2D eigenvalue weighted by Gasteiger charge is -2.21. The molecule has 166 valence electrons. The number of likely N-dealkylation sites (N-methyl/N-ethyl adjacent to an activating group) is 1. The highest BCUT2D eigenvalue weighted by atomic mass is 32.2. The number of hydrogen-bond acceptors (Lipinski definition) is 5. The van der Waals surface area contributed by atoms with E-state index in [2.05, 4.69) is 5.32 Å². The number of ether oxygens (including phenoxy) is 1. The van der Waals surface area contributed by atoms with Crippen molar-refractivity contribution in [3.05, 3.63) is 48.0 Å². The summed E-state index contributed by atoms with van der Waals surface area (Å²) in [6, 6.07) is 11.7. The van der Waals surface area contributed by atoms with E-state index in [4.69, 9.17) is 4.74 Å². The Labute approximate surface area is 182 Å². The molecule has 1 aliphatic heterocycles. The van der Waals surface area contributed by atoms with Gasteiger partial charge in [-0.2, -0.15) is 4.31 Å². The summed E-state index contributed by atoms with van der Waals surface area (Å²) in [5.74, 6) is -0.0367. The highest BCUT2D eigenvalue weighted by Gasteiger charge is 2.31. The van der Waals surface area contributed by atoms with E-state index in [1.54, 1.807) is 41.3 Å². The number of sulfonamides is 1. The molecule has 0 spiro atoms. The number of nitrogens with one attached hydrogen (secondary N) is 1. The molecule has 0 bridgehead atoms. The zero-order chi connectivity index (χ0) is 22.8. The lowest BCUT2D eigenvalue weighted by molar-refractivity contribution is -0.117. The fourth-order valence-corrected chi connectivity index (χ4v) is 4.93. The summed E-state index contributed by atoms with van der Waals surface area (Å²) >= 11 is 0. The lowest BCUT2D eigenvalue weighted by atomic mass is 10.1. The van der Waals surface area contributed by atoms with Crippen LogP contribution < -0.4 is 15.0 Å². The first-order valence-electron chi connectivity index (χ1n) is 10.1. The predicted octanol–water partition coefficient (Wildman–Crippen LogP) is 2.64. The van der Waals surface area contributed by atoms with Crippen molar-refractivity contribution in [3.8, 4) is 5.75 Å². The van der Waals surface area contributed by atoms with Crippen LogP contribution in [-0.4, -0.2) is 50.8 Å². The number of nitrogens with zero attached hydrogens (tertiary/aromatic N) is 2. The highest BCUT2D eigenvalue weighted by molar-refractivity contribution is 7.89. The van der Waals surface area contributed by atoms with E-state index < -0.39 is 15.9 Å². The summed E-state index contributed by atoms with van der Waals surface area (Å²) in [6.07, 6.45) is 0.580. The van der Waals surface area contributed by atoms with Crippen molar-refractivity contribution in [2.75, 3.05) is 30.4 Å². The van der Waals surface area contributed by atoms with Crippen LogP contribution in [-0.2, 0) is 26.0 Å². The molecule has 0 aromatic heterocycles. The molecule has 8 nitrogen and oxygen atoms in total. The topological polar surface area (TPSA) is 96.0 Å². The maximum absolute atomic E-state index is 13.0. The van der Waals surface area contributed by atoms with Crippen LogP contribution >= 0.6 is 0 Å². The van der Waals surface area contributed by atoms with Crippen molar-refractivity contribution in [2.24, 2.45) is 0 Å². The number of rotatable bonds is 7. The molecule has 31 heavy (non-hydrogen) atoms. The van der Waals surface area contributed by atoms with Crippen molar-refractivity contribution in [1.82, 2.24) is 4.31 Å². The largest absolute Gasteiger partial charge is 0.492 e. The van der Waals surface area contributed by atoms with Gasteiger partial charge < -0.3 is 15.0 Å². The van der Waals surface area contributed by atoms with Crippen LogP contribution in [0.1, 0.15) is 26.3 Å². The minimum absolute atomic E-state index is 0.0284. The molecule has 2 aromatic rings. The quantitative estimate of drug-likeness (QED) is 0.707. The van der Waals surface area contributed by atoms with Crippen LogP contribution in [0.4, 0.5) is 11.4 Å². The summed E-state index contributed by atoms with van der Waals surface area (Å²) in [4.78, 5) is 26.1. The molecule has 3 rings (SSSR count). The molecule has 1 heterocycles. The predicted molar refractivity (Wildman–Crippen MR) is 119 cm³/mol. The van der Waals surface area contributed by atoms with Crippen molar-refractivity contribution in [2.45, 2.75) is 38.1 Å². The van der Waals surface area contributed by atoms with E-state index >= 15 is 0 Å². The fraction of sp³-hybridized carbons (Fsp3) is 0.364. The van der Waals surface area contributed by atoms with E-state index in [1.165, 1.54) is 20.0 Å². The summed E-state index contributed by atoms with van der Waals surface area (Å²) < 4.78 is 32.5. The molecular weight excluding hydrogens is 418 g/mol. The molecule has 1 N–H and O–H groups in total. The van der Waals surface area contributed by atoms with Gasteiger partial charge in [-0.25, -0.2) is 8.42 Å². The SMILES string of the molecule is CCOc1ccccc1NC(=O)CN(C)S(=O)(=O)c1ccc2c(c1)C[C@H](C)N2C(C)=O. The molecule has 0 radical (unpaired) electrons. The number of carbonyl (C=O) groups is 2. The Kier molecular flexibility index (Phi) is 6.66. The van der Waals surface area contributed by atoms with Crippen molar-refractivity contribution >= 4 is 33.2 Å². The molecule has 0 unspecified atom stereocenters. The Morgan fingerprint density at radius 3 is 2.61 bits per heavy atom. The molecular formula is C22H27N3O5S. The molecule has 0 saturated heterocycles. The Morgan fingerprint density at radius 2 is 1.94 bits per heavy atom. The van der Waals surface area contributed by atoms with Gasteiger partial charge in [0.05, 0.1) is 23.7 Å². The number of fused-ring (bicyclic) bond motifs is 1. The molecule has 0 saturated carbocycles. The van der Waals surface area contributed by atoms with Gasteiger partial charge in [-0.05, 0) is 56.2 Å². The van der Waals surface area contributed by atoms with Crippen LogP contribution in [0.3, 0.4) is 0 Å². The summed E-state index contributed by atoms with van der Waals surface area (Å²) in [6.45, 7) is 5.35. The number of hydrogen-bond donors (Lipinski definition) is 1. The summed E-state index contributed by atoms with van der Waals surface area (Å²) in [7, 11) is -2.52. The van der Waals surface area contributed by atoms with E-state index in [0.29, 0.717) is 24.5 Å². The average Bonchev–Trinajstić information content (AvgIpc) is 3.04. The maximum atomic E-state index is 13.0. The highest BCUT2D eigenvalue weighted by Crippen LogP contribution is 2.34. The maximum Gasteiger partial charge on any atom is 0.243 e. The van der Waals surface area contributed by atoms with E-state index in [0.717, 1.165) is 15.6 Å². The van der Waals surface area contributed by atoms with Gasteiger partial charge in [0.25, 0.3) is 0 Å². The first-order chi connectivity index (χ1) is 14.6. The second kappa shape index (κ2) is 9.07. The first kappa shape index (κ1) is 22.8. The zero-order valence-corrected chi connectivity index (χ0v) is 18.9. The van der Waals surface area contributed by atoms with Crippen molar-refractivity contribution in [1.29, 1.82) is 0 Å². The molecule has 2 aromatic carbocycles. The Bertz CT molecular complexity index is 1100. The lowest BCUT2D eigenvalue weighted by Crippen LogP contribution is -2.35. The van der Waals surface area contributed by atoms with Crippen molar-refractivity contribution in [3.63, 3.8) is 0 Å². The van der Waals surface area contributed by atoms with Crippen LogP contribution in [0.2, 0.25) is 0 Å². The Balaban J connectivity index is 1.75. The number of carbonyl (C=O) groups excluding carboxylic acids is 2. The Hall–Kier alpha value is -2.91. The molecule has 9 heteroatoms. The smallest absolute Gasteiger partial charge is 0.243 e. The second-order valence-corrected chi connectivity index (χ2v) is 9.52. The van der Waals surface area contributed by atoms with Gasteiger partial charge in [0.2, 0.25) is 21.8 Å². The molecule has 0 aliphatic carbocycles. The third-order valence-corrected chi connectivity index (χ3v) is 6.94. The fourth-order valence-electron chi connectivity index (χ4n) is 3.76. The van der Waals surface area contributed by atoms with Crippen molar-refractivity contribution < 1.29 is 22.7 Å². The summed E-state index contributed by atoms with van der Waals surface area (Å²) in [5.41, 5.74) is 2.01. The molecule has 1 aliphatic rings. The van der Waals surface area contributed by atoms with Crippen LogP contribution in [0.15, 0.2) is 47.4 Å². The van der Waals surface area contributed by atoms with Gasteiger partial charge >= 0.3 is 0 Å². The zero-order valence-electron chi connectivity index (χ0n) is 18.1. The van der Waals surface area contributed by atoms with E-state index in [9.17, 15) is 18.0 Å². The second-order valence-electron chi connectivity index (χ2n) is 7.47. The number of anilines is 2. The van der Waals surface area contributed by atoms with E-state index in [1.807, 2.05) is 13.8 Å². The molecule has 2 amide bonds. The first-order valence-corrected chi connectivity index (χ1v) is 11.5. The normalized spacial score (nSPS) is 15.6. The number of amides is 2. The average molecular weight is 446 g/mol. The minimum Gasteiger partial charge on any atom is -0.492 e. The minimum atomic E-state index is -3.89. The van der Waals surface area contributed by atoms with Gasteiger partial charge in [-0.3, -0.25) is 9.59 Å². The van der Waals surface area contributed by atoms with E-state index in [-0.39, 0.29) is 23.4 Å². The summed E-state index contributed by atoms with van der Waals surface area (Å²) in [5, 5.41) is 2.70. The van der Waals surface area contributed by atoms with Gasteiger partial charge in [0, 0.05) is 25.7 Å². The monoisotopic (exact) mass is 445 g/mol. The van der Waals surface area contributed by atoms with Crippen LogP contribution in [0.5, 0.6) is 5.75 Å². The van der Waals surface area contributed by atoms with Gasteiger partial charge in [-0.15, -0.1) is 0 Å². The standard InChI is InChI=1S/C22H27N3O5S/c1-5-30-21-9-7-6-8-19(21)23-22(27)14-24(4)31(28,29)18-10-11-20-17(13-18)12-15(2)25(20)16(3)26/h6-11,13,15H,5,12,14H2,1-4H3,(H,23,27)/t15-/m0/s1. The Morgan fingerprint density at radius 1 is 1.23 bits per heavy atom. The van der Waals surface area contributed by atoms with Gasteiger partial charge in [0.1, 0.15) is 5.75 Å².